The van der Waals surface area contributed by atoms with Gasteiger partial charge in [-0.2, -0.15) is 4.98 Å². The summed E-state index contributed by atoms with van der Waals surface area (Å²) >= 11 is 0. The predicted octanol–water partition coefficient (Wildman–Crippen LogP) is -0.907. The number of nitrogens with two attached hydrogens (primary N) is 2. The summed E-state index contributed by atoms with van der Waals surface area (Å²) in [7, 11) is 0. The average molecular weight is 474 g/mol. The van der Waals surface area contributed by atoms with Crippen molar-refractivity contribution < 1.29 is 24.2 Å². The normalized spacial score (nSPS) is 15.1. The number of ether oxygens (including phenoxy) is 1. The van der Waals surface area contributed by atoms with Crippen LogP contribution >= 0.6 is 0 Å². The second-order valence-electron chi connectivity index (χ2n) is 7.44. The minimum atomic E-state index is -1.26. The molecule has 34 heavy (non-hydrogen) atoms. The number of anilines is 4. The molecule has 1 aromatic carbocycles. The molecule has 0 fully saturated rings. The lowest BCUT2D eigenvalue weighted by Crippen LogP contribution is -2.41. The maximum atomic E-state index is 12.4. The minimum Gasteiger partial charge on any atom is -0.480 e. The lowest BCUT2D eigenvalue weighted by molar-refractivity contribution is -0.144. The first-order valence-corrected chi connectivity index (χ1v) is 10.4. The maximum absolute atomic E-state index is 12.4. The van der Waals surface area contributed by atoms with Crippen molar-refractivity contribution in [1.29, 1.82) is 0 Å². The molecular formula is C20H26N8O6. The molecule has 1 amide bonds. The van der Waals surface area contributed by atoms with E-state index in [4.69, 9.17) is 11.5 Å². The number of hydrogen-bond acceptors (Lipinski definition) is 11. The Morgan fingerprint density at radius 1 is 1.26 bits per heavy atom. The number of carboxylic acids is 1. The molecule has 2 atom stereocenters. The fourth-order valence-electron chi connectivity index (χ4n) is 3.26. The van der Waals surface area contributed by atoms with Crippen LogP contribution in [-0.2, 0) is 14.3 Å². The molecular weight excluding hydrogens is 448 g/mol. The Bertz CT molecular complexity index is 1100. The summed E-state index contributed by atoms with van der Waals surface area (Å²) < 4.78 is 4.56. The zero-order chi connectivity index (χ0) is 24.7. The first-order chi connectivity index (χ1) is 16.3. The molecule has 14 heteroatoms. The average Bonchev–Trinajstić information content (AvgIpc) is 2.80. The monoisotopic (exact) mass is 474 g/mol. The van der Waals surface area contributed by atoms with Gasteiger partial charge in [0.25, 0.3) is 11.5 Å². The molecule has 0 aliphatic carbocycles. The van der Waals surface area contributed by atoms with E-state index < -0.39 is 23.9 Å². The molecule has 3 rings (SSSR count). The van der Waals surface area contributed by atoms with Gasteiger partial charge < -0.3 is 36.8 Å². The van der Waals surface area contributed by atoms with Gasteiger partial charge >= 0.3 is 11.9 Å². The van der Waals surface area contributed by atoms with Gasteiger partial charge in [0.05, 0.1) is 6.04 Å². The van der Waals surface area contributed by atoms with Gasteiger partial charge in [-0.1, -0.05) is 0 Å². The predicted molar refractivity (Wildman–Crippen MR) is 123 cm³/mol. The molecule has 0 saturated carbocycles. The van der Waals surface area contributed by atoms with Gasteiger partial charge in [-0.15, -0.1) is 0 Å². The zero-order valence-corrected chi connectivity index (χ0v) is 18.1. The highest BCUT2D eigenvalue weighted by Gasteiger charge is 2.23. The number of carboxylic acid groups (broad SMARTS) is 1. The SMILES string of the molecule is NCOC(=O)CC[C@H](NC(=O)c1ccc(NCC2CNc3nc(N)[nH]c(=O)c3N2)cc1)C(=O)O. The van der Waals surface area contributed by atoms with E-state index in [0.29, 0.717) is 30.3 Å². The number of fused-ring (bicyclic) bond motifs is 1. The van der Waals surface area contributed by atoms with Crippen molar-refractivity contribution in [2.24, 2.45) is 5.73 Å². The van der Waals surface area contributed by atoms with E-state index in [-0.39, 0.29) is 42.7 Å². The van der Waals surface area contributed by atoms with Crippen LogP contribution in [0.3, 0.4) is 0 Å². The van der Waals surface area contributed by atoms with Crippen LogP contribution < -0.4 is 38.3 Å². The second kappa shape index (κ2) is 11.0. The number of rotatable bonds is 10. The van der Waals surface area contributed by atoms with Gasteiger partial charge in [-0.3, -0.25) is 25.1 Å². The Morgan fingerprint density at radius 2 is 2.00 bits per heavy atom. The number of esters is 1. The number of carbonyl (C=O) groups excluding carboxylic acids is 2. The summed E-state index contributed by atoms with van der Waals surface area (Å²) in [5.41, 5.74) is 11.5. The molecule has 0 bridgehead atoms. The first-order valence-electron chi connectivity index (χ1n) is 10.4. The Labute approximate surface area is 193 Å². The van der Waals surface area contributed by atoms with Gasteiger partial charge in [0.2, 0.25) is 5.95 Å². The van der Waals surface area contributed by atoms with Crippen LogP contribution in [0.5, 0.6) is 0 Å². The molecule has 1 unspecified atom stereocenters. The molecule has 0 radical (unpaired) electrons. The number of carbonyl (C=O) groups is 3. The molecule has 2 heterocycles. The van der Waals surface area contributed by atoms with Gasteiger partial charge in [-0.05, 0) is 30.7 Å². The number of H-pyrrole nitrogens is 1. The van der Waals surface area contributed by atoms with Gasteiger partial charge in [0, 0.05) is 30.8 Å². The zero-order valence-electron chi connectivity index (χ0n) is 18.1. The molecule has 0 saturated heterocycles. The van der Waals surface area contributed by atoms with Crippen LogP contribution in [0.1, 0.15) is 23.2 Å². The van der Waals surface area contributed by atoms with Crippen LogP contribution in [0.4, 0.5) is 23.1 Å². The highest BCUT2D eigenvalue weighted by atomic mass is 16.5. The number of aliphatic carboxylic acids is 1. The van der Waals surface area contributed by atoms with Crippen LogP contribution in [0.15, 0.2) is 29.1 Å². The van der Waals surface area contributed by atoms with Crippen LogP contribution in [0, 0.1) is 0 Å². The number of amides is 1. The van der Waals surface area contributed by atoms with Gasteiger partial charge in [0.1, 0.15) is 18.5 Å². The summed E-state index contributed by atoms with van der Waals surface area (Å²) in [4.78, 5) is 53.7. The van der Waals surface area contributed by atoms with Crippen LogP contribution in [0.2, 0.25) is 0 Å². The van der Waals surface area contributed by atoms with Crippen molar-refractivity contribution in [1.82, 2.24) is 15.3 Å². The lowest BCUT2D eigenvalue weighted by atomic mass is 10.1. The fourth-order valence-corrected chi connectivity index (χ4v) is 3.26. The molecule has 182 valence electrons. The Morgan fingerprint density at radius 3 is 2.68 bits per heavy atom. The van der Waals surface area contributed by atoms with E-state index in [0.717, 1.165) is 0 Å². The van der Waals surface area contributed by atoms with Crippen LogP contribution in [-0.4, -0.2) is 64.8 Å². The van der Waals surface area contributed by atoms with E-state index in [2.05, 4.69) is 36.0 Å². The topological polar surface area (TPSA) is 227 Å². The summed E-state index contributed by atoms with van der Waals surface area (Å²) in [6, 6.07) is 5.04. The lowest BCUT2D eigenvalue weighted by Gasteiger charge is -2.27. The van der Waals surface area contributed by atoms with Crippen molar-refractivity contribution in [3.8, 4) is 0 Å². The van der Waals surface area contributed by atoms with Crippen molar-refractivity contribution in [3.63, 3.8) is 0 Å². The molecule has 1 aromatic heterocycles. The Hall–Kier alpha value is -4.33. The Balaban J connectivity index is 1.52. The molecule has 0 spiro atoms. The quantitative estimate of drug-likeness (QED) is 0.155. The molecule has 1 aliphatic rings. The van der Waals surface area contributed by atoms with E-state index in [9.17, 15) is 24.3 Å². The molecule has 14 nitrogen and oxygen atoms in total. The van der Waals surface area contributed by atoms with Gasteiger partial charge in [0.15, 0.2) is 5.82 Å². The summed E-state index contributed by atoms with van der Waals surface area (Å²) in [6.07, 6.45) is -0.322. The van der Waals surface area contributed by atoms with Crippen molar-refractivity contribution in [3.05, 3.63) is 40.2 Å². The second-order valence-corrected chi connectivity index (χ2v) is 7.44. The van der Waals surface area contributed by atoms with E-state index in [1.807, 2.05) is 0 Å². The maximum Gasteiger partial charge on any atom is 0.326 e. The highest BCUT2D eigenvalue weighted by molar-refractivity contribution is 5.97. The van der Waals surface area contributed by atoms with Crippen LogP contribution in [0.25, 0.3) is 0 Å². The number of nitrogens with one attached hydrogen (secondary N) is 5. The van der Waals surface area contributed by atoms with E-state index in [1.54, 1.807) is 24.3 Å². The third-order valence-corrected chi connectivity index (χ3v) is 4.99. The summed E-state index contributed by atoms with van der Waals surface area (Å²) in [5.74, 6) is -2.08. The standard InChI is InChI=1S/C20H26N8O6/c21-9-34-14(29)6-5-13(19(32)33)26-17(30)10-1-3-11(4-2-10)23-7-12-8-24-16-15(25-12)18(31)28-20(22)27-16/h1-4,12-13,23,25H,5-9,21H2,(H,26,30)(H,32,33)(H4,22,24,27,28,31)/t12?,13-/m0/s1. The summed E-state index contributed by atoms with van der Waals surface area (Å²) in [5, 5.41) is 21.0. The fraction of sp³-hybridized carbons (Fsp3) is 0.350. The van der Waals surface area contributed by atoms with E-state index in [1.165, 1.54) is 0 Å². The third kappa shape index (κ3) is 6.35. The van der Waals surface area contributed by atoms with Crippen molar-refractivity contribution in [2.75, 3.05) is 41.5 Å². The largest absolute Gasteiger partial charge is 0.480 e. The molecule has 2 aromatic rings. The Kier molecular flexibility index (Phi) is 7.87. The first kappa shape index (κ1) is 24.3. The smallest absolute Gasteiger partial charge is 0.326 e. The number of benzene rings is 1. The third-order valence-electron chi connectivity index (χ3n) is 4.99. The van der Waals surface area contributed by atoms with Crippen molar-refractivity contribution in [2.45, 2.75) is 24.9 Å². The summed E-state index contributed by atoms with van der Waals surface area (Å²) in [6.45, 7) is 0.669. The number of aromatic amines is 1. The number of nitrogens with zero attached hydrogens (tertiary/aromatic N) is 1. The molecule has 10 N–H and O–H groups in total. The van der Waals surface area contributed by atoms with E-state index >= 15 is 0 Å². The number of hydrogen-bond donors (Lipinski definition) is 8. The highest BCUT2D eigenvalue weighted by Crippen LogP contribution is 2.20. The number of nitrogen functional groups attached to an aromatic ring is 1. The molecule has 1 aliphatic heterocycles. The van der Waals surface area contributed by atoms with Crippen molar-refractivity contribution >= 4 is 41.0 Å². The van der Waals surface area contributed by atoms with Gasteiger partial charge in [-0.25, -0.2) is 4.79 Å². The minimum absolute atomic E-state index is 0.0301. The number of aromatic nitrogens is 2.